The highest BCUT2D eigenvalue weighted by Gasteiger charge is 2.27. The molecule has 0 bridgehead atoms. The molecule has 0 saturated heterocycles. The molecule has 15 heavy (non-hydrogen) atoms. The van der Waals surface area contributed by atoms with E-state index < -0.39 is 5.54 Å². The van der Waals surface area contributed by atoms with Gasteiger partial charge < -0.3 is 11.5 Å². The first-order valence-corrected chi connectivity index (χ1v) is 4.63. The highest BCUT2D eigenvalue weighted by molar-refractivity contribution is 5.31. The number of rotatable bonds is 2. The smallest absolute Gasteiger partial charge is 0.239 e. The number of aromatic nitrogens is 3. The maximum absolute atomic E-state index is 6.18. The van der Waals surface area contributed by atoms with Gasteiger partial charge >= 0.3 is 0 Å². The van der Waals surface area contributed by atoms with Gasteiger partial charge in [0.1, 0.15) is 0 Å². The number of H-pyrrole nitrogens is 1. The fourth-order valence-corrected chi connectivity index (χ4v) is 1.43. The summed E-state index contributed by atoms with van der Waals surface area (Å²) < 4.78 is 0. The van der Waals surface area contributed by atoms with Gasteiger partial charge in [0.2, 0.25) is 5.95 Å². The van der Waals surface area contributed by atoms with Crippen LogP contribution in [-0.2, 0) is 5.54 Å². The summed E-state index contributed by atoms with van der Waals surface area (Å²) in [6.45, 7) is 1.86. The maximum Gasteiger partial charge on any atom is 0.239 e. The molecular formula is C10H13N5. The largest absolute Gasteiger partial charge is 0.367 e. The van der Waals surface area contributed by atoms with Gasteiger partial charge in [-0.3, -0.25) is 5.10 Å². The van der Waals surface area contributed by atoms with Crippen LogP contribution in [0.3, 0.4) is 0 Å². The Morgan fingerprint density at radius 3 is 2.47 bits per heavy atom. The van der Waals surface area contributed by atoms with Crippen molar-refractivity contribution in [3.05, 3.63) is 41.7 Å². The molecule has 1 unspecified atom stereocenters. The van der Waals surface area contributed by atoms with E-state index in [1.165, 1.54) is 0 Å². The second-order valence-corrected chi connectivity index (χ2v) is 3.61. The molecule has 0 fully saturated rings. The lowest BCUT2D eigenvalue weighted by molar-refractivity contribution is 0.561. The van der Waals surface area contributed by atoms with Crippen molar-refractivity contribution in [2.75, 3.05) is 5.73 Å². The Morgan fingerprint density at radius 2 is 1.93 bits per heavy atom. The number of nitrogen functional groups attached to an aromatic ring is 1. The van der Waals surface area contributed by atoms with Crippen molar-refractivity contribution >= 4 is 5.95 Å². The summed E-state index contributed by atoms with van der Waals surface area (Å²) in [5.41, 5.74) is 11.9. The summed E-state index contributed by atoms with van der Waals surface area (Å²) in [5, 5.41) is 6.50. The first kappa shape index (κ1) is 9.67. The molecule has 5 N–H and O–H groups in total. The van der Waals surface area contributed by atoms with Crippen molar-refractivity contribution < 1.29 is 0 Å². The second kappa shape index (κ2) is 3.36. The molecule has 2 aromatic rings. The average Bonchev–Trinajstić information content (AvgIpc) is 2.67. The Balaban J connectivity index is 2.43. The number of nitrogens with one attached hydrogen (secondary N) is 1. The third kappa shape index (κ3) is 1.69. The van der Waals surface area contributed by atoms with Crippen molar-refractivity contribution in [2.24, 2.45) is 5.73 Å². The van der Waals surface area contributed by atoms with Crippen molar-refractivity contribution in [3.8, 4) is 0 Å². The van der Waals surface area contributed by atoms with Crippen LogP contribution >= 0.6 is 0 Å². The fourth-order valence-electron chi connectivity index (χ4n) is 1.43. The highest BCUT2D eigenvalue weighted by Crippen LogP contribution is 2.23. The molecule has 5 nitrogen and oxygen atoms in total. The molecule has 1 atom stereocenters. The Labute approximate surface area is 87.5 Å². The van der Waals surface area contributed by atoms with Gasteiger partial charge in [0.15, 0.2) is 5.82 Å². The van der Waals surface area contributed by atoms with Crippen molar-refractivity contribution in [3.63, 3.8) is 0 Å². The normalized spacial score (nSPS) is 14.8. The lowest BCUT2D eigenvalue weighted by Gasteiger charge is -2.21. The molecule has 1 aromatic heterocycles. The first-order valence-electron chi connectivity index (χ1n) is 4.63. The van der Waals surface area contributed by atoms with Gasteiger partial charge in [0.25, 0.3) is 0 Å². The summed E-state index contributed by atoms with van der Waals surface area (Å²) in [7, 11) is 0. The van der Waals surface area contributed by atoms with Crippen LogP contribution in [0.1, 0.15) is 18.3 Å². The third-order valence-electron chi connectivity index (χ3n) is 2.37. The molecule has 0 amide bonds. The SMILES string of the molecule is CC(N)(c1ccccc1)c1nc(N)n[nH]1. The van der Waals surface area contributed by atoms with Gasteiger partial charge in [-0.1, -0.05) is 30.3 Å². The zero-order valence-electron chi connectivity index (χ0n) is 8.44. The van der Waals surface area contributed by atoms with Crippen LogP contribution in [0.15, 0.2) is 30.3 Å². The zero-order valence-corrected chi connectivity index (χ0v) is 8.44. The predicted octanol–water partition coefficient (Wildman–Crippen LogP) is 0.609. The number of hydrogen-bond acceptors (Lipinski definition) is 4. The van der Waals surface area contributed by atoms with Crippen LogP contribution in [0.25, 0.3) is 0 Å². The van der Waals surface area contributed by atoms with Crippen LogP contribution < -0.4 is 11.5 Å². The Hall–Kier alpha value is -1.88. The Morgan fingerprint density at radius 1 is 1.27 bits per heavy atom. The van der Waals surface area contributed by atoms with E-state index in [0.29, 0.717) is 5.82 Å². The van der Waals surface area contributed by atoms with Crippen LogP contribution in [0.2, 0.25) is 0 Å². The number of nitrogens with two attached hydrogens (primary N) is 2. The summed E-state index contributed by atoms with van der Waals surface area (Å²) in [6.07, 6.45) is 0. The van der Waals surface area contributed by atoms with Gasteiger partial charge in [0.05, 0.1) is 5.54 Å². The van der Waals surface area contributed by atoms with Crippen molar-refractivity contribution in [1.82, 2.24) is 15.2 Å². The van der Waals surface area contributed by atoms with Gasteiger partial charge in [-0.2, -0.15) is 4.98 Å². The number of aromatic amines is 1. The summed E-state index contributed by atoms with van der Waals surface area (Å²) in [4.78, 5) is 4.04. The molecule has 0 aliphatic rings. The molecule has 0 radical (unpaired) electrons. The lowest BCUT2D eigenvalue weighted by Crippen LogP contribution is -2.35. The van der Waals surface area contributed by atoms with Crippen molar-refractivity contribution in [1.29, 1.82) is 0 Å². The number of hydrogen-bond donors (Lipinski definition) is 3. The van der Waals surface area contributed by atoms with Crippen LogP contribution in [-0.4, -0.2) is 15.2 Å². The zero-order chi connectivity index (χ0) is 10.9. The molecule has 0 aliphatic carbocycles. The van der Waals surface area contributed by atoms with Crippen LogP contribution in [0, 0.1) is 0 Å². The van der Waals surface area contributed by atoms with E-state index in [4.69, 9.17) is 11.5 Å². The monoisotopic (exact) mass is 203 g/mol. The van der Waals surface area contributed by atoms with E-state index in [-0.39, 0.29) is 5.95 Å². The highest BCUT2D eigenvalue weighted by atomic mass is 15.3. The Kier molecular flexibility index (Phi) is 2.17. The van der Waals surface area contributed by atoms with E-state index >= 15 is 0 Å². The summed E-state index contributed by atoms with van der Waals surface area (Å²) >= 11 is 0. The minimum absolute atomic E-state index is 0.206. The van der Waals surface area contributed by atoms with E-state index in [2.05, 4.69) is 15.2 Å². The van der Waals surface area contributed by atoms with E-state index in [1.807, 2.05) is 37.3 Å². The predicted molar refractivity (Wildman–Crippen MR) is 57.9 cm³/mol. The number of nitrogens with zero attached hydrogens (tertiary/aromatic N) is 2. The standard InChI is InChI=1S/C10H13N5/c1-10(12,7-5-3-2-4-6-7)8-13-9(11)15-14-8/h2-6H,12H2,1H3,(H3,11,13,14,15). The minimum atomic E-state index is -0.703. The topological polar surface area (TPSA) is 93.6 Å². The molecular weight excluding hydrogens is 190 g/mol. The summed E-state index contributed by atoms with van der Waals surface area (Å²) in [6, 6.07) is 9.69. The molecule has 5 heteroatoms. The molecule has 1 heterocycles. The van der Waals surface area contributed by atoms with Crippen LogP contribution in [0.4, 0.5) is 5.95 Å². The molecule has 1 aromatic carbocycles. The first-order chi connectivity index (χ1) is 7.10. The van der Waals surface area contributed by atoms with Crippen LogP contribution in [0.5, 0.6) is 0 Å². The Bertz CT molecular complexity index is 446. The van der Waals surface area contributed by atoms with Gasteiger partial charge in [-0.25, -0.2) is 0 Å². The molecule has 0 spiro atoms. The van der Waals surface area contributed by atoms with E-state index in [0.717, 1.165) is 5.56 Å². The maximum atomic E-state index is 6.18. The lowest BCUT2D eigenvalue weighted by atomic mass is 9.93. The van der Waals surface area contributed by atoms with E-state index in [9.17, 15) is 0 Å². The van der Waals surface area contributed by atoms with Crippen molar-refractivity contribution in [2.45, 2.75) is 12.5 Å². The van der Waals surface area contributed by atoms with E-state index in [1.54, 1.807) is 0 Å². The van der Waals surface area contributed by atoms with Gasteiger partial charge in [-0.15, -0.1) is 5.10 Å². The fraction of sp³-hybridized carbons (Fsp3) is 0.200. The summed E-state index contributed by atoms with van der Waals surface area (Å²) in [5.74, 6) is 0.767. The number of benzene rings is 1. The van der Waals surface area contributed by atoms with Gasteiger partial charge in [-0.05, 0) is 12.5 Å². The number of anilines is 1. The molecule has 0 saturated carbocycles. The molecule has 78 valence electrons. The quantitative estimate of drug-likeness (QED) is 0.666. The minimum Gasteiger partial charge on any atom is -0.367 e. The molecule has 0 aliphatic heterocycles. The average molecular weight is 203 g/mol. The third-order valence-corrected chi connectivity index (χ3v) is 2.37. The van der Waals surface area contributed by atoms with Gasteiger partial charge in [0, 0.05) is 0 Å². The second-order valence-electron chi connectivity index (χ2n) is 3.61. The molecule has 2 rings (SSSR count).